The van der Waals surface area contributed by atoms with Crippen molar-refractivity contribution in [2.24, 2.45) is 0 Å². The third kappa shape index (κ3) is 4.94. The minimum atomic E-state index is -0.626. The number of nitrogens with zero attached hydrogens (tertiary/aromatic N) is 1. The number of hydrogen-bond donors (Lipinski definition) is 1. The van der Waals surface area contributed by atoms with Gasteiger partial charge in [-0.15, -0.1) is 0 Å². The van der Waals surface area contributed by atoms with Gasteiger partial charge < -0.3 is 10.1 Å². The van der Waals surface area contributed by atoms with Crippen LogP contribution in [0.25, 0.3) is 0 Å². The summed E-state index contributed by atoms with van der Waals surface area (Å²) in [6.45, 7) is 3.35. The van der Waals surface area contributed by atoms with E-state index in [0.29, 0.717) is 11.3 Å². The van der Waals surface area contributed by atoms with Gasteiger partial charge in [0.1, 0.15) is 5.75 Å². The Bertz CT molecular complexity index is 566. The zero-order valence-electron chi connectivity index (χ0n) is 13.7. The average Bonchev–Trinajstić information content (AvgIpc) is 2.75. The minimum absolute atomic E-state index is 0.0490. The summed E-state index contributed by atoms with van der Waals surface area (Å²) >= 11 is 0. The number of carbonyl (C=O) groups is 1. The lowest BCUT2D eigenvalue weighted by molar-refractivity contribution is -0.385. The Hall–Kier alpha value is -2.11. The third-order valence-corrected chi connectivity index (χ3v) is 4.25. The molecule has 1 amide bonds. The molecule has 1 N–H and O–H groups in total. The van der Waals surface area contributed by atoms with E-state index < -0.39 is 11.0 Å². The highest BCUT2D eigenvalue weighted by Crippen LogP contribution is 2.24. The van der Waals surface area contributed by atoms with E-state index in [4.69, 9.17) is 4.74 Å². The summed E-state index contributed by atoms with van der Waals surface area (Å²) < 4.78 is 5.63. The number of benzene rings is 1. The molecule has 2 rings (SSSR count). The number of ether oxygens (including phenoxy) is 1. The molecule has 0 aromatic heterocycles. The molecule has 0 radical (unpaired) electrons. The van der Waals surface area contributed by atoms with E-state index >= 15 is 0 Å². The average molecular weight is 320 g/mol. The molecule has 0 bridgehead atoms. The second-order valence-electron chi connectivity index (χ2n) is 6.16. The maximum absolute atomic E-state index is 12.2. The summed E-state index contributed by atoms with van der Waals surface area (Å²) in [5.41, 5.74) is 0.566. The second kappa shape index (κ2) is 7.94. The molecule has 1 fully saturated rings. The van der Waals surface area contributed by atoms with Crippen LogP contribution in [0.1, 0.15) is 51.0 Å². The molecule has 126 valence electrons. The highest BCUT2D eigenvalue weighted by atomic mass is 16.6. The Balaban J connectivity index is 1.92. The molecular weight excluding hydrogens is 296 g/mol. The molecule has 1 atom stereocenters. The standard InChI is InChI=1S/C17H24N2O4/c1-12-11-15(9-10-16(12)19(21)22)23-13(2)17(20)18-14-7-5-3-4-6-8-14/h9-11,13-14H,3-8H2,1-2H3,(H,18,20)/t13-/m1/s1. The lowest BCUT2D eigenvalue weighted by atomic mass is 10.1. The zero-order valence-corrected chi connectivity index (χ0v) is 13.7. The SMILES string of the molecule is Cc1cc(O[C@H](C)C(=O)NC2CCCCCC2)ccc1[N+](=O)[O-]. The molecule has 23 heavy (non-hydrogen) atoms. The van der Waals surface area contributed by atoms with Gasteiger partial charge in [-0.1, -0.05) is 25.7 Å². The van der Waals surface area contributed by atoms with Crippen LogP contribution >= 0.6 is 0 Å². The van der Waals surface area contributed by atoms with Gasteiger partial charge in [0.2, 0.25) is 0 Å². The molecule has 6 heteroatoms. The van der Waals surface area contributed by atoms with E-state index in [1.807, 2.05) is 0 Å². The molecule has 1 saturated carbocycles. The van der Waals surface area contributed by atoms with Crippen LogP contribution in [0.5, 0.6) is 5.75 Å². The molecule has 1 aromatic carbocycles. The second-order valence-corrected chi connectivity index (χ2v) is 6.16. The molecule has 1 aromatic rings. The van der Waals surface area contributed by atoms with Crippen molar-refractivity contribution in [3.8, 4) is 5.75 Å². The van der Waals surface area contributed by atoms with Crippen LogP contribution in [-0.4, -0.2) is 23.0 Å². The van der Waals surface area contributed by atoms with Crippen molar-refractivity contribution in [2.45, 2.75) is 64.5 Å². The topological polar surface area (TPSA) is 81.5 Å². The van der Waals surface area contributed by atoms with Crippen molar-refractivity contribution < 1.29 is 14.5 Å². The van der Waals surface area contributed by atoms with Gasteiger partial charge in [-0.3, -0.25) is 14.9 Å². The van der Waals surface area contributed by atoms with Crippen molar-refractivity contribution in [1.82, 2.24) is 5.32 Å². The zero-order chi connectivity index (χ0) is 16.8. The number of nitrogens with one attached hydrogen (secondary N) is 1. The Morgan fingerprint density at radius 1 is 1.30 bits per heavy atom. The highest BCUT2D eigenvalue weighted by molar-refractivity contribution is 5.81. The summed E-state index contributed by atoms with van der Waals surface area (Å²) in [7, 11) is 0. The third-order valence-electron chi connectivity index (χ3n) is 4.25. The molecule has 6 nitrogen and oxygen atoms in total. The molecule has 1 aliphatic carbocycles. The molecule has 0 heterocycles. The predicted molar refractivity (Wildman–Crippen MR) is 87.6 cm³/mol. The van der Waals surface area contributed by atoms with Crippen molar-refractivity contribution >= 4 is 11.6 Å². The molecule has 0 saturated heterocycles. The summed E-state index contributed by atoms with van der Waals surface area (Å²) in [5, 5.41) is 13.9. The van der Waals surface area contributed by atoms with Crippen LogP contribution in [0.2, 0.25) is 0 Å². The Morgan fingerprint density at radius 3 is 2.52 bits per heavy atom. The number of nitro groups is 1. The van der Waals surface area contributed by atoms with Gasteiger partial charge in [0.15, 0.2) is 6.10 Å². The summed E-state index contributed by atoms with van der Waals surface area (Å²) in [5.74, 6) is 0.338. The first-order chi connectivity index (χ1) is 11.0. The number of rotatable bonds is 5. The van der Waals surface area contributed by atoms with E-state index in [1.54, 1.807) is 19.9 Å². The first-order valence-corrected chi connectivity index (χ1v) is 8.19. The van der Waals surface area contributed by atoms with Crippen LogP contribution in [0, 0.1) is 17.0 Å². The van der Waals surface area contributed by atoms with Crippen LogP contribution in [0.15, 0.2) is 18.2 Å². The van der Waals surface area contributed by atoms with Gasteiger partial charge in [0.25, 0.3) is 11.6 Å². The Kier molecular flexibility index (Phi) is 5.96. The first kappa shape index (κ1) is 17.2. The van der Waals surface area contributed by atoms with Crippen LogP contribution in [-0.2, 0) is 4.79 Å². The van der Waals surface area contributed by atoms with Gasteiger partial charge in [0, 0.05) is 17.7 Å². The number of hydrogen-bond acceptors (Lipinski definition) is 4. The fourth-order valence-corrected chi connectivity index (χ4v) is 2.91. The highest BCUT2D eigenvalue weighted by Gasteiger charge is 2.20. The summed E-state index contributed by atoms with van der Waals surface area (Å²) in [6, 6.07) is 4.75. The Labute approximate surface area is 136 Å². The maximum Gasteiger partial charge on any atom is 0.272 e. The lowest BCUT2D eigenvalue weighted by Crippen LogP contribution is -2.42. The summed E-state index contributed by atoms with van der Waals surface area (Å²) in [4.78, 5) is 22.6. The van der Waals surface area contributed by atoms with Gasteiger partial charge in [-0.25, -0.2) is 0 Å². The summed E-state index contributed by atoms with van der Waals surface area (Å²) in [6.07, 6.45) is 6.20. The van der Waals surface area contributed by atoms with E-state index in [1.165, 1.54) is 25.0 Å². The van der Waals surface area contributed by atoms with Crippen molar-refractivity contribution in [3.63, 3.8) is 0 Å². The van der Waals surface area contributed by atoms with Crippen molar-refractivity contribution in [2.75, 3.05) is 0 Å². The monoisotopic (exact) mass is 320 g/mol. The largest absolute Gasteiger partial charge is 0.481 e. The molecule has 1 aliphatic rings. The minimum Gasteiger partial charge on any atom is -0.481 e. The van der Waals surface area contributed by atoms with Gasteiger partial charge in [0.05, 0.1) is 4.92 Å². The van der Waals surface area contributed by atoms with Crippen molar-refractivity contribution in [3.05, 3.63) is 33.9 Å². The predicted octanol–water partition coefficient (Wildman–Crippen LogP) is 3.51. The molecular formula is C17H24N2O4. The van der Waals surface area contributed by atoms with Crippen molar-refractivity contribution in [1.29, 1.82) is 0 Å². The van der Waals surface area contributed by atoms with Gasteiger partial charge in [-0.05, 0) is 38.8 Å². The van der Waals surface area contributed by atoms with Gasteiger partial charge in [-0.2, -0.15) is 0 Å². The molecule has 0 aliphatic heterocycles. The number of aryl methyl sites for hydroxylation is 1. The lowest BCUT2D eigenvalue weighted by Gasteiger charge is -2.20. The smallest absolute Gasteiger partial charge is 0.272 e. The van der Waals surface area contributed by atoms with E-state index in [2.05, 4.69) is 5.32 Å². The van der Waals surface area contributed by atoms with Crippen LogP contribution in [0.4, 0.5) is 5.69 Å². The Morgan fingerprint density at radius 2 is 1.96 bits per heavy atom. The number of carbonyl (C=O) groups excluding carboxylic acids is 1. The van der Waals surface area contributed by atoms with E-state index in [9.17, 15) is 14.9 Å². The first-order valence-electron chi connectivity index (χ1n) is 8.19. The number of amides is 1. The van der Waals surface area contributed by atoms with Gasteiger partial charge >= 0.3 is 0 Å². The number of nitro benzene ring substituents is 1. The molecule has 0 unspecified atom stereocenters. The van der Waals surface area contributed by atoms with Crippen LogP contribution < -0.4 is 10.1 Å². The fraction of sp³-hybridized carbons (Fsp3) is 0.588. The fourth-order valence-electron chi connectivity index (χ4n) is 2.91. The molecule has 0 spiro atoms. The normalized spacial score (nSPS) is 17.1. The van der Waals surface area contributed by atoms with E-state index in [0.717, 1.165) is 25.7 Å². The quantitative estimate of drug-likeness (QED) is 0.511. The van der Waals surface area contributed by atoms with E-state index in [-0.39, 0.29) is 17.6 Å². The maximum atomic E-state index is 12.2. The van der Waals surface area contributed by atoms with Crippen LogP contribution in [0.3, 0.4) is 0 Å².